The lowest BCUT2D eigenvalue weighted by Gasteiger charge is -2.16. The van der Waals surface area contributed by atoms with Gasteiger partial charge in [0.15, 0.2) is 0 Å². The van der Waals surface area contributed by atoms with Crippen molar-refractivity contribution >= 4 is 5.91 Å². The molecule has 2 rings (SSSR count). The standard InChI is InChI=1S/C10H17N5O/c16-10(6-15-8-12-7-13-15)14-9-3-1-2-4-11-5-9/h7-9,11H,1-6H2,(H,14,16). The molecule has 1 aromatic rings. The summed E-state index contributed by atoms with van der Waals surface area (Å²) in [6.07, 6.45) is 6.39. The number of rotatable bonds is 3. The van der Waals surface area contributed by atoms with Gasteiger partial charge < -0.3 is 10.6 Å². The number of hydrogen-bond donors (Lipinski definition) is 2. The molecule has 0 bridgehead atoms. The summed E-state index contributed by atoms with van der Waals surface area (Å²) in [4.78, 5) is 15.5. The Kier molecular flexibility index (Phi) is 3.87. The molecule has 1 fully saturated rings. The van der Waals surface area contributed by atoms with E-state index in [0.717, 1.165) is 19.5 Å². The highest BCUT2D eigenvalue weighted by atomic mass is 16.2. The molecule has 1 aliphatic rings. The van der Waals surface area contributed by atoms with Crippen molar-refractivity contribution in [1.29, 1.82) is 0 Å². The third-order valence-corrected chi connectivity index (χ3v) is 2.68. The number of carbonyl (C=O) groups is 1. The van der Waals surface area contributed by atoms with Crippen molar-refractivity contribution in [2.45, 2.75) is 31.8 Å². The average molecular weight is 223 g/mol. The van der Waals surface area contributed by atoms with Gasteiger partial charge in [0, 0.05) is 12.6 Å². The van der Waals surface area contributed by atoms with E-state index in [1.54, 1.807) is 6.33 Å². The second-order valence-electron chi connectivity index (χ2n) is 4.06. The molecule has 0 spiro atoms. The van der Waals surface area contributed by atoms with Crippen LogP contribution in [0.5, 0.6) is 0 Å². The van der Waals surface area contributed by atoms with Gasteiger partial charge >= 0.3 is 0 Å². The minimum atomic E-state index is -0.000741. The van der Waals surface area contributed by atoms with Crippen LogP contribution in [0.25, 0.3) is 0 Å². The molecule has 1 aromatic heterocycles. The van der Waals surface area contributed by atoms with Crippen molar-refractivity contribution < 1.29 is 4.79 Å². The first-order chi connectivity index (χ1) is 7.84. The van der Waals surface area contributed by atoms with Crippen LogP contribution in [0.15, 0.2) is 12.7 Å². The Morgan fingerprint density at radius 2 is 2.50 bits per heavy atom. The minimum absolute atomic E-state index is 0.000741. The molecule has 1 saturated heterocycles. The molecular weight excluding hydrogens is 206 g/mol. The SMILES string of the molecule is O=C(Cn1cncn1)NC1CCCCNC1. The molecule has 1 amide bonds. The second-order valence-corrected chi connectivity index (χ2v) is 4.06. The van der Waals surface area contributed by atoms with Crippen LogP contribution in [0.1, 0.15) is 19.3 Å². The van der Waals surface area contributed by atoms with Gasteiger partial charge in [0.05, 0.1) is 0 Å². The third-order valence-electron chi connectivity index (χ3n) is 2.68. The summed E-state index contributed by atoms with van der Waals surface area (Å²) in [5.74, 6) is -0.000741. The first-order valence-corrected chi connectivity index (χ1v) is 5.67. The maximum atomic E-state index is 11.7. The van der Waals surface area contributed by atoms with Crippen LogP contribution in [0.4, 0.5) is 0 Å². The number of nitrogens with zero attached hydrogens (tertiary/aromatic N) is 3. The Hall–Kier alpha value is -1.43. The topological polar surface area (TPSA) is 71.8 Å². The van der Waals surface area contributed by atoms with Crippen molar-refractivity contribution in [3.63, 3.8) is 0 Å². The Bertz CT molecular complexity index is 316. The van der Waals surface area contributed by atoms with Crippen LogP contribution < -0.4 is 10.6 Å². The summed E-state index contributed by atoms with van der Waals surface area (Å²) >= 11 is 0. The fraction of sp³-hybridized carbons (Fsp3) is 0.700. The van der Waals surface area contributed by atoms with Crippen LogP contribution >= 0.6 is 0 Å². The van der Waals surface area contributed by atoms with Crippen molar-refractivity contribution in [3.8, 4) is 0 Å². The Balaban J connectivity index is 1.77. The largest absolute Gasteiger partial charge is 0.350 e. The minimum Gasteiger partial charge on any atom is -0.350 e. The lowest BCUT2D eigenvalue weighted by molar-refractivity contribution is -0.122. The van der Waals surface area contributed by atoms with E-state index in [0.29, 0.717) is 0 Å². The van der Waals surface area contributed by atoms with E-state index < -0.39 is 0 Å². The van der Waals surface area contributed by atoms with Crippen LogP contribution in [0.3, 0.4) is 0 Å². The van der Waals surface area contributed by atoms with Crippen LogP contribution in [-0.2, 0) is 11.3 Å². The van der Waals surface area contributed by atoms with E-state index in [2.05, 4.69) is 20.7 Å². The van der Waals surface area contributed by atoms with Crippen LogP contribution in [0.2, 0.25) is 0 Å². The molecule has 6 nitrogen and oxygen atoms in total. The molecule has 88 valence electrons. The number of nitrogens with one attached hydrogen (secondary N) is 2. The van der Waals surface area contributed by atoms with Crippen molar-refractivity contribution in [3.05, 3.63) is 12.7 Å². The molecule has 1 aliphatic heterocycles. The maximum absolute atomic E-state index is 11.7. The summed E-state index contributed by atoms with van der Waals surface area (Å²) in [6.45, 7) is 2.16. The van der Waals surface area contributed by atoms with Gasteiger partial charge in [0.1, 0.15) is 19.2 Å². The average Bonchev–Trinajstić information content (AvgIpc) is 2.62. The molecule has 1 unspecified atom stereocenters. The van der Waals surface area contributed by atoms with Crippen molar-refractivity contribution in [2.24, 2.45) is 0 Å². The molecular formula is C10H17N5O. The summed E-state index contributed by atoms with van der Waals surface area (Å²) < 4.78 is 1.53. The van der Waals surface area contributed by atoms with Crippen LogP contribution in [0, 0.1) is 0 Å². The van der Waals surface area contributed by atoms with E-state index in [4.69, 9.17) is 0 Å². The summed E-state index contributed by atoms with van der Waals surface area (Å²) in [5.41, 5.74) is 0. The summed E-state index contributed by atoms with van der Waals surface area (Å²) in [7, 11) is 0. The van der Waals surface area contributed by atoms with Gasteiger partial charge in [0.25, 0.3) is 0 Å². The quantitative estimate of drug-likeness (QED) is 0.727. The summed E-state index contributed by atoms with van der Waals surface area (Å²) in [6, 6.07) is 0.249. The molecule has 0 aliphatic carbocycles. The number of hydrogen-bond acceptors (Lipinski definition) is 4. The van der Waals surface area contributed by atoms with Gasteiger partial charge in [0.2, 0.25) is 5.91 Å². The predicted molar refractivity (Wildman–Crippen MR) is 58.7 cm³/mol. The monoisotopic (exact) mass is 223 g/mol. The first-order valence-electron chi connectivity index (χ1n) is 5.67. The zero-order valence-corrected chi connectivity index (χ0v) is 9.22. The fourth-order valence-electron chi connectivity index (χ4n) is 1.88. The Labute approximate surface area is 94.4 Å². The lowest BCUT2D eigenvalue weighted by Crippen LogP contribution is -2.42. The van der Waals surface area contributed by atoms with Crippen molar-refractivity contribution in [1.82, 2.24) is 25.4 Å². The first kappa shape index (κ1) is 11.1. The highest BCUT2D eigenvalue weighted by Crippen LogP contribution is 2.03. The van der Waals surface area contributed by atoms with Gasteiger partial charge in [-0.25, -0.2) is 9.67 Å². The fourth-order valence-corrected chi connectivity index (χ4v) is 1.88. The van der Waals surface area contributed by atoms with E-state index >= 15 is 0 Å². The van der Waals surface area contributed by atoms with Gasteiger partial charge in [-0.05, 0) is 19.4 Å². The molecule has 0 saturated carbocycles. The molecule has 0 radical (unpaired) electrons. The van der Waals surface area contributed by atoms with E-state index in [-0.39, 0.29) is 18.5 Å². The zero-order chi connectivity index (χ0) is 11.2. The van der Waals surface area contributed by atoms with Gasteiger partial charge in [-0.15, -0.1) is 0 Å². The molecule has 2 N–H and O–H groups in total. The number of aromatic nitrogens is 3. The number of amides is 1. The lowest BCUT2D eigenvalue weighted by atomic mass is 10.1. The normalized spacial score (nSPS) is 21.4. The van der Waals surface area contributed by atoms with Gasteiger partial charge in [-0.3, -0.25) is 4.79 Å². The zero-order valence-electron chi connectivity index (χ0n) is 9.22. The van der Waals surface area contributed by atoms with E-state index in [1.807, 2.05) is 0 Å². The van der Waals surface area contributed by atoms with Gasteiger partial charge in [-0.1, -0.05) is 6.42 Å². The van der Waals surface area contributed by atoms with Gasteiger partial charge in [-0.2, -0.15) is 5.10 Å². The molecule has 16 heavy (non-hydrogen) atoms. The highest BCUT2D eigenvalue weighted by molar-refractivity contribution is 5.75. The Morgan fingerprint density at radius 3 is 3.31 bits per heavy atom. The Morgan fingerprint density at radius 1 is 1.56 bits per heavy atom. The number of carbonyl (C=O) groups excluding carboxylic acids is 1. The van der Waals surface area contributed by atoms with E-state index in [9.17, 15) is 4.79 Å². The smallest absolute Gasteiger partial charge is 0.242 e. The second kappa shape index (κ2) is 5.60. The van der Waals surface area contributed by atoms with Crippen molar-refractivity contribution in [2.75, 3.05) is 13.1 Å². The maximum Gasteiger partial charge on any atom is 0.242 e. The third kappa shape index (κ3) is 3.30. The summed E-state index contributed by atoms with van der Waals surface area (Å²) in [5, 5.41) is 10.2. The van der Waals surface area contributed by atoms with E-state index in [1.165, 1.54) is 23.9 Å². The molecule has 0 aromatic carbocycles. The van der Waals surface area contributed by atoms with Crippen LogP contribution in [-0.4, -0.2) is 39.8 Å². The molecule has 6 heteroatoms. The molecule has 2 heterocycles. The molecule has 1 atom stereocenters. The predicted octanol–water partition coefficient (Wildman–Crippen LogP) is -0.464. The highest BCUT2D eigenvalue weighted by Gasteiger charge is 2.14.